The zero-order valence-electron chi connectivity index (χ0n) is 14.1. The quantitative estimate of drug-likeness (QED) is 0.720. The number of methoxy groups -OCH3 is 1. The van der Waals surface area contributed by atoms with Crippen LogP contribution in [0.3, 0.4) is 0 Å². The second-order valence-electron chi connectivity index (χ2n) is 5.02. The molecular weight excluding hydrogens is 399 g/mol. The predicted octanol–water partition coefficient (Wildman–Crippen LogP) is 4.67. The van der Waals surface area contributed by atoms with Gasteiger partial charge in [0.15, 0.2) is 0 Å². The van der Waals surface area contributed by atoms with Gasteiger partial charge in [0.25, 0.3) is 5.91 Å². The van der Waals surface area contributed by atoms with Gasteiger partial charge in [-0.2, -0.15) is 5.26 Å². The highest BCUT2D eigenvalue weighted by Crippen LogP contribution is 2.36. The van der Waals surface area contributed by atoms with Gasteiger partial charge in [0.1, 0.15) is 21.7 Å². The zero-order valence-corrected chi connectivity index (χ0v) is 16.4. The van der Waals surface area contributed by atoms with Crippen molar-refractivity contribution in [2.45, 2.75) is 13.8 Å². The van der Waals surface area contributed by atoms with E-state index in [1.54, 1.807) is 13.8 Å². The summed E-state index contributed by atoms with van der Waals surface area (Å²) in [6.07, 6.45) is 0. The smallest absolute Gasteiger partial charge is 0.348 e. The zero-order chi connectivity index (χ0) is 19.4. The second-order valence-corrected chi connectivity index (χ2v) is 6.88. The molecular formula is C17H14Cl2N2O4S. The Kier molecular flexibility index (Phi) is 6.48. The molecule has 1 aromatic carbocycles. The Morgan fingerprint density at radius 1 is 1.35 bits per heavy atom. The fourth-order valence-electron chi connectivity index (χ4n) is 2.23. The molecule has 0 radical (unpaired) electrons. The first-order valence-electron chi connectivity index (χ1n) is 7.39. The molecule has 1 N–H and O–H groups in total. The first-order chi connectivity index (χ1) is 12.3. The van der Waals surface area contributed by atoms with Crippen LogP contribution in [-0.4, -0.2) is 25.6 Å². The van der Waals surface area contributed by atoms with Gasteiger partial charge in [0.05, 0.1) is 29.9 Å². The first kappa shape index (κ1) is 20.0. The van der Waals surface area contributed by atoms with E-state index in [-0.39, 0.29) is 43.4 Å². The maximum absolute atomic E-state index is 12.7. The lowest BCUT2D eigenvalue weighted by molar-refractivity contribution is 0.0531. The molecule has 2 rings (SSSR count). The Balaban J connectivity index is 2.43. The number of carbonyl (C=O) groups is 2. The summed E-state index contributed by atoms with van der Waals surface area (Å²) in [5, 5.41) is 12.7. The second kappa shape index (κ2) is 8.41. The molecule has 0 aliphatic heterocycles. The Morgan fingerprint density at radius 3 is 2.62 bits per heavy atom. The number of hydrogen-bond donors (Lipinski definition) is 1. The van der Waals surface area contributed by atoms with Crippen LogP contribution in [0.5, 0.6) is 5.75 Å². The van der Waals surface area contributed by atoms with E-state index in [2.05, 4.69) is 5.32 Å². The van der Waals surface area contributed by atoms with Crippen molar-refractivity contribution in [3.8, 4) is 11.8 Å². The fourth-order valence-corrected chi connectivity index (χ4v) is 3.85. The molecule has 0 bridgehead atoms. The van der Waals surface area contributed by atoms with Crippen molar-refractivity contribution in [2.24, 2.45) is 0 Å². The summed E-state index contributed by atoms with van der Waals surface area (Å²) in [5.41, 5.74) is 0.749. The summed E-state index contributed by atoms with van der Waals surface area (Å²) in [6.45, 7) is 3.51. The molecule has 2 aromatic rings. The highest BCUT2D eigenvalue weighted by atomic mass is 35.5. The normalized spacial score (nSPS) is 10.2. The molecule has 0 saturated heterocycles. The third-order valence-corrected chi connectivity index (χ3v) is 5.09. The minimum atomic E-state index is -0.570. The van der Waals surface area contributed by atoms with Crippen LogP contribution < -0.4 is 10.1 Å². The van der Waals surface area contributed by atoms with E-state index in [0.717, 1.165) is 11.3 Å². The SMILES string of the molecule is CCOC(=O)c1sc(NC(=O)c2cc(Cl)cc(Cl)c2OC)c(C#N)c1C. The van der Waals surface area contributed by atoms with Crippen LogP contribution in [-0.2, 0) is 4.74 Å². The minimum Gasteiger partial charge on any atom is -0.494 e. The minimum absolute atomic E-state index is 0.109. The van der Waals surface area contributed by atoms with E-state index in [1.165, 1.54) is 19.2 Å². The summed E-state index contributed by atoms with van der Waals surface area (Å²) in [4.78, 5) is 24.9. The van der Waals surface area contributed by atoms with Gasteiger partial charge in [-0.1, -0.05) is 23.2 Å². The fraction of sp³-hybridized carbons (Fsp3) is 0.235. The van der Waals surface area contributed by atoms with Crippen LogP contribution >= 0.6 is 34.5 Å². The van der Waals surface area contributed by atoms with E-state index in [4.69, 9.17) is 32.7 Å². The topological polar surface area (TPSA) is 88.4 Å². The van der Waals surface area contributed by atoms with E-state index < -0.39 is 11.9 Å². The van der Waals surface area contributed by atoms with Crippen molar-refractivity contribution in [2.75, 3.05) is 19.0 Å². The maximum Gasteiger partial charge on any atom is 0.348 e. The van der Waals surface area contributed by atoms with Crippen LogP contribution in [0.2, 0.25) is 10.0 Å². The monoisotopic (exact) mass is 412 g/mol. The predicted molar refractivity (Wildman–Crippen MR) is 101 cm³/mol. The summed E-state index contributed by atoms with van der Waals surface area (Å²) in [6, 6.07) is 4.85. The van der Waals surface area contributed by atoms with Crippen molar-refractivity contribution in [1.82, 2.24) is 0 Å². The summed E-state index contributed by atoms with van der Waals surface area (Å²) in [5.74, 6) is -0.958. The summed E-state index contributed by atoms with van der Waals surface area (Å²) >= 11 is 13.0. The number of hydrogen-bond acceptors (Lipinski definition) is 6. The molecule has 1 heterocycles. The Bertz CT molecular complexity index is 918. The largest absolute Gasteiger partial charge is 0.494 e. The van der Waals surface area contributed by atoms with Gasteiger partial charge >= 0.3 is 5.97 Å². The number of thiophene rings is 1. The van der Waals surface area contributed by atoms with Crippen molar-refractivity contribution in [3.05, 3.63) is 43.7 Å². The van der Waals surface area contributed by atoms with E-state index in [9.17, 15) is 14.9 Å². The highest BCUT2D eigenvalue weighted by molar-refractivity contribution is 7.18. The molecule has 0 spiro atoms. The standard InChI is InChI=1S/C17H14Cl2N2O4S/c1-4-25-17(23)14-8(2)11(7-20)16(26-14)21-15(22)10-5-9(18)6-12(19)13(10)24-3/h5-6H,4H2,1-3H3,(H,21,22). The number of nitrogens with zero attached hydrogens (tertiary/aromatic N) is 1. The third kappa shape index (κ3) is 3.93. The number of nitrogens with one attached hydrogen (secondary N) is 1. The van der Waals surface area contributed by atoms with Crippen molar-refractivity contribution >= 4 is 51.4 Å². The van der Waals surface area contributed by atoms with Crippen LogP contribution in [0.15, 0.2) is 12.1 Å². The lowest BCUT2D eigenvalue weighted by Crippen LogP contribution is -2.13. The van der Waals surface area contributed by atoms with Crippen LogP contribution in [0.4, 0.5) is 5.00 Å². The number of carbonyl (C=O) groups excluding carboxylic acids is 2. The van der Waals surface area contributed by atoms with Gasteiger partial charge in [-0.05, 0) is 31.5 Å². The van der Waals surface area contributed by atoms with Crippen LogP contribution in [0.1, 0.15) is 38.1 Å². The molecule has 0 unspecified atom stereocenters. The average molecular weight is 413 g/mol. The number of amides is 1. The Labute approximate surface area is 164 Å². The van der Waals surface area contributed by atoms with Gasteiger partial charge in [-0.3, -0.25) is 4.79 Å². The maximum atomic E-state index is 12.7. The number of rotatable bonds is 5. The summed E-state index contributed by atoms with van der Waals surface area (Å²) < 4.78 is 10.1. The van der Waals surface area contributed by atoms with Crippen molar-refractivity contribution in [3.63, 3.8) is 0 Å². The number of esters is 1. The molecule has 9 heteroatoms. The molecule has 136 valence electrons. The van der Waals surface area contributed by atoms with Gasteiger partial charge in [-0.25, -0.2) is 4.79 Å². The number of benzene rings is 1. The number of anilines is 1. The van der Waals surface area contributed by atoms with Gasteiger partial charge in [-0.15, -0.1) is 11.3 Å². The molecule has 26 heavy (non-hydrogen) atoms. The molecule has 0 saturated carbocycles. The van der Waals surface area contributed by atoms with Gasteiger partial charge in [0, 0.05) is 5.02 Å². The Hall–Kier alpha value is -2.27. The molecule has 0 atom stereocenters. The average Bonchev–Trinajstić information content (AvgIpc) is 2.89. The Morgan fingerprint density at radius 2 is 2.04 bits per heavy atom. The lowest BCUT2D eigenvalue weighted by Gasteiger charge is -2.11. The number of nitriles is 1. The molecule has 6 nitrogen and oxygen atoms in total. The van der Waals surface area contributed by atoms with Gasteiger partial charge in [0.2, 0.25) is 0 Å². The third-order valence-electron chi connectivity index (χ3n) is 3.40. The summed E-state index contributed by atoms with van der Waals surface area (Å²) in [7, 11) is 1.38. The molecule has 0 aliphatic carbocycles. The van der Waals surface area contributed by atoms with E-state index >= 15 is 0 Å². The molecule has 0 fully saturated rings. The van der Waals surface area contributed by atoms with Crippen molar-refractivity contribution < 1.29 is 19.1 Å². The van der Waals surface area contributed by atoms with E-state index in [0.29, 0.717) is 5.56 Å². The van der Waals surface area contributed by atoms with Crippen LogP contribution in [0.25, 0.3) is 0 Å². The van der Waals surface area contributed by atoms with Crippen LogP contribution in [0, 0.1) is 18.3 Å². The molecule has 1 amide bonds. The number of halogens is 2. The molecule has 1 aromatic heterocycles. The first-order valence-corrected chi connectivity index (χ1v) is 8.96. The highest BCUT2D eigenvalue weighted by Gasteiger charge is 2.24. The van der Waals surface area contributed by atoms with Gasteiger partial charge < -0.3 is 14.8 Å². The number of ether oxygens (including phenoxy) is 2. The lowest BCUT2D eigenvalue weighted by atomic mass is 10.1. The van der Waals surface area contributed by atoms with E-state index in [1.807, 2.05) is 6.07 Å². The van der Waals surface area contributed by atoms with Crippen molar-refractivity contribution in [1.29, 1.82) is 5.26 Å². The molecule has 0 aliphatic rings.